The monoisotopic (exact) mass is 308 g/mol. The predicted molar refractivity (Wildman–Crippen MR) is 91.4 cm³/mol. The van der Waals surface area contributed by atoms with Crippen LogP contribution < -0.4 is 10.2 Å². The van der Waals surface area contributed by atoms with Gasteiger partial charge in [0.05, 0.1) is 5.92 Å². The van der Waals surface area contributed by atoms with E-state index in [0.717, 1.165) is 22.5 Å². The van der Waals surface area contributed by atoms with Crippen LogP contribution in [0.4, 0.5) is 11.4 Å². The highest BCUT2D eigenvalue weighted by atomic mass is 16.2. The third-order valence-corrected chi connectivity index (χ3v) is 4.13. The first kappa shape index (κ1) is 15.3. The van der Waals surface area contributed by atoms with E-state index in [1.165, 1.54) is 0 Å². The molecule has 0 radical (unpaired) electrons. The lowest BCUT2D eigenvalue weighted by atomic mass is 10.1. The molecule has 2 amide bonds. The van der Waals surface area contributed by atoms with Gasteiger partial charge in [-0.15, -0.1) is 0 Å². The van der Waals surface area contributed by atoms with Gasteiger partial charge in [0.25, 0.3) is 0 Å². The Kier molecular flexibility index (Phi) is 4.15. The molecule has 0 bridgehead atoms. The van der Waals surface area contributed by atoms with E-state index in [2.05, 4.69) is 5.32 Å². The molecule has 1 aliphatic rings. The first-order valence-corrected chi connectivity index (χ1v) is 7.77. The summed E-state index contributed by atoms with van der Waals surface area (Å²) in [5, 5.41) is 2.91. The standard InChI is InChI=1S/C19H20N2O2/c1-13-6-8-17(9-7-13)21-12-15(11-18(21)22)19(23)20-16-5-3-4-14(2)10-16/h3-10,15H,11-12H2,1-2H3,(H,20,23)/t15-/m1/s1. The zero-order valence-corrected chi connectivity index (χ0v) is 13.4. The topological polar surface area (TPSA) is 49.4 Å². The van der Waals surface area contributed by atoms with Crippen molar-refractivity contribution in [3.63, 3.8) is 0 Å². The summed E-state index contributed by atoms with van der Waals surface area (Å²) < 4.78 is 0. The highest BCUT2D eigenvalue weighted by Crippen LogP contribution is 2.26. The molecule has 118 valence electrons. The molecular formula is C19H20N2O2. The van der Waals surface area contributed by atoms with Crippen LogP contribution in [0.1, 0.15) is 17.5 Å². The Morgan fingerprint density at radius 2 is 1.83 bits per heavy atom. The molecule has 1 N–H and O–H groups in total. The average molecular weight is 308 g/mol. The minimum Gasteiger partial charge on any atom is -0.326 e. The number of aryl methyl sites for hydroxylation is 2. The molecule has 1 saturated heterocycles. The Hall–Kier alpha value is -2.62. The molecule has 1 fully saturated rings. The van der Waals surface area contributed by atoms with Crippen molar-refractivity contribution in [3.8, 4) is 0 Å². The van der Waals surface area contributed by atoms with Crippen LogP contribution in [0.5, 0.6) is 0 Å². The highest BCUT2D eigenvalue weighted by molar-refractivity contribution is 6.03. The fourth-order valence-electron chi connectivity index (χ4n) is 2.82. The molecule has 4 heteroatoms. The van der Waals surface area contributed by atoms with Gasteiger partial charge < -0.3 is 10.2 Å². The summed E-state index contributed by atoms with van der Waals surface area (Å²) in [6.07, 6.45) is 0.255. The lowest BCUT2D eigenvalue weighted by molar-refractivity contribution is -0.122. The summed E-state index contributed by atoms with van der Waals surface area (Å²) in [6.45, 7) is 4.42. The van der Waals surface area contributed by atoms with E-state index in [9.17, 15) is 9.59 Å². The van der Waals surface area contributed by atoms with Gasteiger partial charge in [-0.25, -0.2) is 0 Å². The van der Waals surface area contributed by atoms with Crippen LogP contribution in [0.3, 0.4) is 0 Å². The lowest BCUT2D eigenvalue weighted by Crippen LogP contribution is -2.28. The molecule has 1 atom stereocenters. The Labute approximate surface area is 136 Å². The zero-order chi connectivity index (χ0) is 16.4. The molecule has 0 saturated carbocycles. The van der Waals surface area contributed by atoms with Gasteiger partial charge in [-0.05, 0) is 43.7 Å². The summed E-state index contributed by atoms with van der Waals surface area (Å²) >= 11 is 0. The Balaban J connectivity index is 1.69. The third kappa shape index (κ3) is 3.42. The van der Waals surface area contributed by atoms with Gasteiger partial charge in [0.15, 0.2) is 0 Å². The van der Waals surface area contributed by atoms with Gasteiger partial charge in [-0.3, -0.25) is 9.59 Å². The number of benzene rings is 2. The number of nitrogens with zero attached hydrogens (tertiary/aromatic N) is 1. The molecule has 3 rings (SSSR count). The predicted octanol–water partition coefficient (Wildman–Crippen LogP) is 3.30. The molecule has 0 unspecified atom stereocenters. The lowest BCUT2D eigenvalue weighted by Gasteiger charge is -2.17. The van der Waals surface area contributed by atoms with Crippen molar-refractivity contribution >= 4 is 23.2 Å². The molecule has 4 nitrogen and oxygen atoms in total. The van der Waals surface area contributed by atoms with E-state index < -0.39 is 0 Å². The number of amides is 2. The first-order chi connectivity index (χ1) is 11.0. The highest BCUT2D eigenvalue weighted by Gasteiger charge is 2.35. The van der Waals surface area contributed by atoms with E-state index in [1.54, 1.807) is 4.90 Å². The summed E-state index contributed by atoms with van der Waals surface area (Å²) in [4.78, 5) is 26.3. The number of carbonyl (C=O) groups excluding carboxylic acids is 2. The molecule has 0 spiro atoms. The number of anilines is 2. The van der Waals surface area contributed by atoms with Crippen molar-refractivity contribution in [1.82, 2.24) is 0 Å². The van der Waals surface area contributed by atoms with E-state index >= 15 is 0 Å². The van der Waals surface area contributed by atoms with E-state index in [4.69, 9.17) is 0 Å². The summed E-state index contributed by atoms with van der Waals surface area (Å²) in [5.74, 6) is -0.416. The molecule has 23 heavy (non-hydrogen) atoms. The Morgan fingerprint density at radius 1 is 1.09 bits per heavy atom. The van der Waals surface area contributed by atoms with Crippen LogP contribution in [0, 0.1) is 19.8 Å². The average Bonchev–Trinajstić information content (AvgIpc) is 2.90. The van der Waals surface area contributed by atoms with Crippen molar-refractivity contribution in [2.24, 2.45) is 5.92 Å². The molecular weight excluding hydrogens is 288 g/mol. The van der Waals surface area contributed by atoms with Crippen molar-refractivity contribution in [2.45, 2.75) is 20.3 Å². The molecule has 0 aromatic heterocycles. The second kappa shape index (κ2) is 6.24. The van der Waals surface area contributed by atoms with Crippen LogP contribution in [-0.4, -0.2) is 18.4 Å². The Morgan fingerprint density at radius 3 is 2.52 bits per heavy atom. The van der Waals surface area contributed by atoms with Crippen LogP contribution in [0.2, 0.25) is 0 Å². The van der Waals surface area contributed by atoms with Crippen molar-refractivity contribution in [1.29, 1.82) is 0 Å². The number of nitrogens with one attached hydrogen (secondary N) is 1. The van der Waals surface area contributed by atoms with E-state index in [0.29, 0.717) is 6.54 Å². The van der Waals surface area contributed by atoms with Gasteiger partial charge in [0.2, 0.25) is 11.8 Å². The van der Waals surface area contributed by atoms with Crippen molar-refractivity contribution in [2.75, 3.05) is 16.8 Å². The SMILES string of the molecule is Cc1ccc(N2C[C@H](C(=O)Nc3cccc(C)c3)CC2=O)cc1. The molecule has 0 aliphatic carbocycles. The second-order valence-corrected chi connectivity index (χ2v) is 6.10. The molecule has 2 aromatic rings. The molecule has 2 aromatic carbocycles. The van der Waals surface area contributed by atoms with E-state index in [1.807, 2.05) is 62.4 Å². The number of rotatable bonds is 3. The van der Waals surface area contributed by atoms with Gasteiger partial charge in [0, 0.05) is 24.3 Å². The van der Waals surface area contributed by atoms with Crippen LogP contribution in [0.25, 0.3) is 0 Å². The molecule has 1 heterocycles. The molecule has 1 aliphatic heterocycles. The second-order valence-electron chi connectivity index (χ2n) is 6.10. The largest absolute Gasteiger partial charge is 0.326 e. The minimum atomic E-state index is -0.315. The fraction of sp³-hybridized carbons (Fsp3) is 0.263. The first-order valence-electron chi connectivity index (χ1n) is 7.77. The van der Waals surface area contributed by atoms with Crippen molar-refractivity contribution in [3.05, 3.63) is 59.7 Å². The number of carbonyl (C=O) groups is 2. The van der Waals surface area contributed by atoms with Gasteiger partial charge in [-0.2, -0.15) is 0 Å². The van der Waals surface area contributed by atoms with Crippen molar-refractivity contribution < 1.29 is 9.59 Å². The number of hydrogen-bond donors (Lipinski definition) is 1. The van der Waals surface area contributed by atoms with Gasteiger partial charge in [-0.1, -0.05) is 29.8 Å². The van der Waals surface area contributed by atoms with Crippen LogP contribution >= 0.6 is 0 Å². The maximum Gasteiger partial charge on any atom is 0.229 e. The van der Waals surface area contributed by atoms with Gasteiger partial charge >= 0.3 is 0 Å². The van der Waals surface area contributed by atoms with Crippen LogP contribution in [-0.2, 0) is 9.59 Å². The Bertz CT molecular complexity index is 737. The fourth-order valence-corrected chi connectivity index (χ4v) is 2.82. The third-order valence-electron chi connectivity index (χ3n) is 4.13. The number of hydrogen-bond acceptors (Lipinski definition) is 2. The van der Waals surface area contributed by atoms with Crippen LogP contribution in [0.15, 0.2) is 48.5 Å². The van der Waals surface area contributed by atoms with E-state index in [-0.39, 0.29) is 24.2 Å². The maximum absolute atomic E-state index is 12.4. The minimum absolute atomic E-state index is 0.00162. The normalized spacial score (nSPS) is 17.4. The zero-order valence-electron chi connectivity index (χ0n) is 13.4. The summed E-state index contributed by atoms with van der Waals surface area (Å²) in [5.41, 5.74) is 3.86. The van der Waals surface area contributed by atoms with Gasteiger partial charge in [0.1, 0.15) is 0 Å². The maximum atomic E-state index is 12.4. The quantitative estimate of drug-likeness (QED) is 0.946. The smallest absolute Gasteiger partial charge is 0.229 e. The summed E-state index contributed by atoms with van der Waals surface area (Å²) in [7, 11) is 0. The summed E-state index contributed by atoms with van der Waals surface area (Å²) in [6, 6.07) is 15.5.